The van der Waals surface area contributed by atoms with Crippen molar-refractivity contribution in [3.8, 4) is 0 Å². The molecular formula is C20H18BrN5S. The summed E-state index contributed by atoms with van der Waals surface area (Å²) in [5.41, 5.74) is 8.44. The van der Waals surface area contributed by atoms with E-state index in [2.05, 4.69) is 65.9 Å². The van der Waals surface area contributed by atoms with Gasteiger partial charge in [0.2, 0.25) is 5.13 Å². The third-order valence-electron chi connectivity index (χ3n) is 4.33. The lowest BCUT2D eigenvalue weighted by Crippen LogP contribution is -2.13. The quantitative estimate of drug-likeness (QED) is 0.359. The van der Waals surface area contributed by atoms with Crippen LogP contribution in [0.3, 0.4) is 0 Å². The second-order valence-electron chi connectivity index (χ2n) is 6.27. The summed E-state index contributed by atoms with van der Waals surface area (Å²) in [4.78, 5) is 4.52. The van der Waals surface area contributed by atoms with Gasteiger partial charge >= 0.3 is 0 Å². The molecule has 0 saturated carbocycles. The van der Waals surface area contributed by atoms with Gasteiger partial charge in [0, 0.05) is 10.0 Å². The number of hydrogen-bond donors (Lipinski definition) is 1. The summed E-state index contributed by atoms with van der Waals surface area (Å²) in [6.45, 7) is 1.93. The average molecular weight is 440 g/mol. The highest BCUT2D eigenvalue weighted by molar-refractivity contribution is 9.10. The van der Waals surface area contributed by atoms with Crippen LogP contribution in [0.25, 0.3) is 0 Å². The van der Waals surface area contributed by atoms with Crippen LogP contribution in [0.5, 0.6) is 0 Å². The fourth-order valence-electron chi connectivity index (χ4n) is 2.97. The minimum atomic E-state index is 0.729. The maximum absolute atomic E-state index is 4.61. The van der Waals surface area contributed by atoms with E-state index >= 15 is 0 Å². The maximum atomic E-state index is 4.61. The van der Waals surface area contributed by atoms with Crippen molar-refractivity contribution in [2.75, 3.05) is 5.43 Å². The zero-order chi connectivity index (χ0) is 18.6. The Morgan fingerprint density at radius 1 is 1.04 bits per heavy atom. The molecule has 4 rings (SSSR count). The zero-order valence-corrected chi connectivity index (χ0v) is 17.2. The fourth-order valence-corrected chi connectivity index (χ4v) is 3.97. The van der Waals surface area contributed by atoms with Gasteiger partial charge in [0.1, 0.15) is 0 Å². The van der Waals surface area contributed by atoms with Crippen molar-refractivity contribution in [1.82, 2.24) is 4.98 Å². The standard InChI is InChI=1S/C20H18BrN5S/c1-13-19(25-23-16-11-9-15(21)10-12-16)27-20(22-13)26-24-18-8-4-6-14-5-2-3-7-17(14)18/h2-3,5,7,9-12H,4,6,8H2,1H3,(H,22,26)/b24-18-,25-23?. The molecule has 1 aromatic heterocycles. The van der Waals surface area contributed by atoms with Crippen LogP contribution < -0.4 is 5.43 Å². The number of aryl methyl sites for hydroxylation is 2. The first-order valence-electron chi connectivity index (χ1n) is 8.74. The molecule has 0 amide bonds. The van der Waals surface area contributed by atoms with Gasteiger partial charge in [-0.1, -0.05) is 51.5 Å². The van der Waals surface area contributed by atoms with Gasteiger partial charge in [0.15, 0.2) is 5.00 Å². The number of fused-ring (bicyclic) bond motifs is 1. The van der Waals surface area contributed by atoms with Gasteiger partial charge in [0.25, 0.3) is 0 Å². The lowest BCUT2D eigenvalue weighted by atomic mass is 9.90. The van der Waals surface area contributed by atoms with Gasteiger partial charge in [0.05, 0.1) is 17.1 Å². The number of hydrogen-bond acceptors (Lipinski definition) is 6. The molecule has 2 aromatic carbocycles. The van der Waals surface area contributed by atoms with Crippen LogP contribution in [-0.2, 0) is 6.42 Å². The highest BCUT2D eigenvalue weighted by atomic mass is 79.9. The Kier molecular flexibility index (Phi) is 5.40. The number of halogens is 1. The number of benzene rings is 2. The molecular weight excluding hydrogens is 422 g/mol. The molecule has 0 atom stereocenters. The van der Waals surface area contributed by atoms with Gasteiger partial charge in [-0.05, 0) is 56.0 Å². The Labute approximate surface area is 170 Å². The topological polar surface area (TPSA) is 62.0 Å². The number of rotatable bonds is 4. The second kappa shape index (κ2) is 8.10. The summed E-state index contributed by atoms with van der Waals surface area (Å²) in [5, 5.41) is 14.7. The van der Waals surface area contributed by atoms with Crippen LogP contribution in [-0.4, -0.2) is 10.7 Å². The van der Waals surface area contributed by atoms with Crippen molar-refractivity contribution in [3.63, 3.8) is 0 Å². The van der Waals surface area contributed by atoms with Crippen molar-refractivity contribution in [2.24, 2.45) is 15.3 Å². The van der Waals surface area contributed by atoms with Crippen molar-refractivity contribution >= 4 is 48.8 Å². The summed E-state index contributed by atoms with van der Waals surface area (Å²) < 4.78 is 1.02. The summed E-state index contributed by atoms with van der Waals surface area (Å²) in [6.07, 6.45) is 3.22. The van der Waals surface area contributed by atoms with Crippen molar-refractivity contribution < 1.29 is 0 Å². The molecule has 0 unspecified atom stereocenters. The highest BCUT2D eigenvalue weighted by Crippen LogP contribution is 2.32. The van der Waals surface area contributed by atoms with Crippen molar-refractivity contribution in [1.29, 1.82) is 0 Å². The SMILES string of the molecule is Cc1nc(N/N=C2/CCCc3ccccc32)sc1N=Nc1ccc(Br)cc1. The largest absolute Gasteiger partial charge is 0.252 e. The van der Waals surface area contributed by atoms with Gasteiger partial charge < -0.3 is 0 Å². The summed E-state index contributed by atoms with van der Waals surface area (Å²) in [5.74, 6) is 0. The molecule has 1 N–H and O–H groups in total. The first-order chi connectivity index (χ1) is 13.2. The van der Waals surface area contributed by atoms with Gasteiger partial charge in [-0.3, -0.25) is 5.43 Å². The Morgan fingerprint density at radius 3 is 2.70 bits per heavy atom. The van der Waals surface area contributed by atoms with Crippen molar-refractivity contribution in [2.45, 2.75) is 26.2 Å². The zero-order valence-electron chi connectivity index (χ0n) is 14.8. The monoisotopic (exact) mass is 439 g/mol. The summed E-state index contributed by atoms with van der Waals surface area (Å²) in [7, 11) is 0. The summed E-state index contributed by atoms with van der Waals surface area (Å²) in [6, 6.07) is 16.2. The number of nitrogens with one attached hydrogen (secondary N) is 1. The molecule has 1 heterocycles. The predicted molar refractivity (Wildman–Crippen MR) is 115 cm³/mol. The van der Waals surface area contributed by atoms with Gasteiger partial charge in [-0.15, -0.1) is 10.2 Å². The van der Waals surface area contributed by atoms with E-state index in [4.69, 9.17) is 0 Å². The lowest BCUT2D eigenvalue weighted by Gasteiger charge is -2.17. The molecule has 7 heteroatoms. The first-order valence-corrected chi connectivity index (χ1v) is 10.4. The molecule has 1 aliphatic rings. The van der Waals surface area contributed by atoms with E-state index in [0.717, 1.165) is 51.0 Å². The number of hydrazone groups is 1. The predicted octanol–water partition coefficient (Wildman–Crippen LogP) is 6.78. The molecule has 0 saturated heterocycles. The fraction of sp³-hybridized carbons (Fsp3) is 0.200. The third kappa shape index (κ3) is 4.31. The highest BCUT2D eigenvalue weighted by Gasteiger charge is 2.15. The third-order valence-corrected chi connectivity index (χ3v) is 5.80. The number of nitrogens with zero attached hydrogens (tertiary/aromatic N) is 4. The van der Waals surface area contributed by atoms with Crippen LogP contribution in [0.1, 0.15) is 29.7 Å². The first kappa shape index (κ1) is 18.0. The van der Waals surface area contributed by atoms with E-state index in [1.165, 1.54) is 22.5 Å². The van der Waals surface area contributed by atoms with Crippen LogP contribution >= 0.6 is 27.3 Å². The Morgan fingerprint density at radius 2 is 1.85 bits per heavy atom. The van der Waals surface area contributed by atoms with Crippen LogP contribution in [0.15, 0.2) is 68.3 Å². The molecule has 0 radical (unpaired) electrons. The van der Waals surface area contributed by atoms with E-state index in [9.17, 15) is 0 Å². The Bertz CT molecular complexity index is 1010. The number of aromatic nitrogens is 1. The molecule has 27 heavy (non-hydrogen) atoms. The summed E-state index contributed by atoms with van der Waals surface area (Å²) >= 11 is 4.87. The molecule has 0 aliphatic heterocycles. The maximum Gasteiger partial charge on any atom is 0.205 e. The average Bonchev–Trinajstić information content (AvgIpc) is 3.05. The number of anilines is 1. The van der Waals surface area contributed by atoms with E-state index < -0.39 is 0 Å². The number of thiazole rings is 1. The van der Waals surface area contributed by atoms with Gasteiger partial charge in [-0.25, -0.2) is 4.98 Å². The molecule has 3 aromatic rings. The molecule has 136 valence electrons. The van der Waals surface area contributed by atoms with Gasteiger partial charge in [-0.2, -0.15) is 5.10 Å². The van der Waals surface area contributed by atoms with Crippen molar-refractivity contribution in [3.05, 3.63) is 69.8 Å². The molecule has 1 aliphatic carbocycles. The lowest BCUT2D eigenvalue weighted by molar-refractivity contribution is 0.837. The number of azo groups is 1. The Hall–Kier alpha value is -2.38. The van der Waals surface area contributed by atoms with Crippen LogP contribution in [0, 0.1) is 6.92 Å². The molecule has 0 spiro atoms. The second-order valence-corrected chi connectivity index (χ2v) is 8.16. The molecule has 5 nitrogen and oxygen atoms in total. The minimum absolute atomic E-state index is 0.729. The van der Waals surface area contributed by atoms with E-state index in [0.29, 0.717) is 0 Å². The van der Waals surface area contributed by atoms with E-state index in [1.807, 2.05) is 31.2 Å². The Balaban J connectivity index is 1.50. The van der Waals surface area contributed by atoms with Crippen LogP contribution in [0.4, 0.5) is 15.8 Å². The molecule has 0 bridgehead atoms. The smallest absolute Gasteiger partial charge is 0.205 e. The minimum Gasteiger partial charge on any atom is -0.252 e. The van der Waals surface area contributed by atoms with Crippen LogP contribution in [0.2, 0.25) is 0 Å². The van der Waals surface area contributed by atoms with E-state index in [1.54, 1.807) is 0 Å². The van der Waals surface area contributed by atoms with E-state index in [-0.39, 0.29) is 0 Å². The molecule has 0 fully saturated rings. The normalized spacial score (nSPS) is 15.3.